The van der Waals surface area contributed by atoms with Crippen LogP contribution in [0.3, 0.4) is 0 Å². The van der Waals surface area contributed by atoms with Gasteiger partial charge in [0.15, 0.2) is 5.65 Å². The number of fused-ring (bicyclic) bond motifs is 2. The number of rotatable bonds is 6. The third-order valence-corrected chi connectivity index (χ3v) is 6.94. The normalized spacial score (nSPS) is 11.2. The SMILES string of the molecule is O=C(Cc1ccccc1)Nc1cncc(-c2cnc3[nH]nc(-c4cc5c(-c6ccccc6F)cncc5[nH]4)c3c2)c1. The standard InChI is InChI=1S/C32H22FN7O/c33-27-9-5-4-8-23(27)26-17-35-18-29-24(26)13-28(38-29)31-25-12-21(15-36-32(25)40-39-31)20-11-22(16-34-14-20)37-30(41)10-19-6-2-1-3-7-19/h1-9,11-18,38H,10H2,(H,37,41)(H,36,39,40). The maximum absolute atomic E-state index is 14.6. The van der Waals surface area contributed by atoms with Crippen molar-refractivity contribution in [2.45, 2.75) is 6.42 Å². The van der Waals surface area contributed by atoms with Crippen molar-refractivity contribution in [1.29, 1.82) is 0 Å². The fourth-order valence-corrected chi connectivity index (χ4v) is 4.99. The quantitative estimate of drug-likeness (QED) is 0.222. The molecule has 0 radical (unpaired) electrons. The number of hydrogen-bond donors (Lipinski definition) is 3. The first kappa shape index (κ1) is 24.3. The smallest absolute Gasteiger partial charge is 0.228 e. The number of carbonyl (C=O) groups excluding carboxylic acids is 1. The van der Waals surface area contributed by atoms with Crippen LogP contribution in [-0.2, 0) is 11.2 Å². The Morgan fingerprint density at radius 2 is 1.61 bits per heavy atom. The van der Waals surface area contributed by atoms with Crippen molar-refractivity contribution in [3.63, 3.8) is 0 Å². The molecule has 0 fully saturated rings. The van der Waals surface area contributed by atoms with Crippen LogP contribution in [0.1, 0.15) is 5.56 Å². The predicted octanol–water partition coefficient (Wildman–Crippen LogP) is 6.55. The molecular weight excluding hydrogens is 517 g/mol. The molecule has 0 unspecified atom stereocenters. The molecule has 0 saturated carbocycles. The summed E-state index contributed by atoms with van der Waals surface area (Å²) in [4.78, 5) is 29.2. The monoisotopic (exact) mass is 539 g/mol. The van der Waals surface area contributed by atoms with Gasteiger partial charge in [-0.1, -0.05) is 48.5 Å². The molecule has 0 aliphatic rings. The number of nitrogens with one attached hydrogen (secondary N) is 3. The topological polar surface area (TPSA) is 112 Å². The maximum Gasteiger partial charge on any atom is 0.228 e. The van der Waals surface area contributed by atoms with Gasteiger partial charge >= 0.3 is 0 Å². The molecular formula is C32H22FN7O. The molecule has 0 bridgehead atoms. The minimum atomic E-state index is -0.310. The number of halogens is 1. The molecule has 3 N–H and O–H groups in total. The Morgan fingerprint density at radius 1 is 0.805 bits per heavy atom. The second kappa shape index (κ2) is 10.1. The van der Waals surface area contributed by atoms with E-state index in [1.54, 1.807) is 49.2 Å². The van der Waals surface area contributed by atoms with E-state index in [2.05, 4.69) is 35.5 Å². The number of anilines is 1. The van der Waals surface area contributed by atoms with Crippen LogP contribution >= 0.6 is 0 Å². The fourth-order valence-electron chi connectivity index (χ4n) is 4.99. The van der Waals surface area contributed by atoms with Gasteiger partial charge in [0.05, 0.1) is 35.7 Å². The van der Waals surface area contributed by atoms with Gasteiger partial charge in [0, 0.05) is 51.6 Å². The Labute approximate surface area is 233 Å². The summed E-state index contributed by atoms with van der Waals surface area (Å²) in [6.07, 6.45) is 8.74. The summed E-state index contributed by atoms with van der Waals surface area (Å²) in [5.41, 5.74) is 7.13. The molecule has 2 aromatic carbocycles. The minimum absolute atomic E-state index is 0.121. The molecule has 0 aliphatic heterocycles. The summed E-state index contributed by atoms with van der Waals surface area (Å²) < 4.78 is 14.6. The van der Waals surface area contributed by atoms with Crippen LogP contribution in [0.5, 0.6) is 0 Å². The Bertz CT molecular complexity index is 2050. The molecule has 8 nitrogen and oxygen atoms in total. The van der Waals surface area contributed by atoms with Gasteiger partial charge in [0.25, 0.3) is 0 Å². The minimum Gasteiger partial charge on any atom is -0.352 e. The van der Waals surface area contributed by atoms with Crippen molar-refractivity contribution < 1.29 is 9.18 Å². The van der Waals surface area contributed by atoms with E-state index in [4.69, 9.17) is 0 Å². The molecule has 0 atom stereocenters. The molecule has 0 spiro atoms. The zero-order valence-corrected chi connectivity index (χ0v) is 21.6. The third kappa shape index (κ3) is 4.70. The van der Waals surface area contributed by atoms with Crippen molar-refractivity contribution in [2.75, 3.05) is 5.32 Å². The zero-order chi connectivity index (χ0) is 27.8. The predicted molar refractivity (Wildman–Crippen MR) is 156 cm³/mol. The summed E-state index contributed by atoms with van der Waals surface area (Å²) in [6.45, 7) is 0. The molecule has 1 amide bonds. The lowest BCUT2D eigenvalue weighted by Crippen LogP contribution is -2.14. The molecule has 5 aromatic heterocycles. The number of aromatic nitrogens is 6. The van der Waals surface area contributed by atoms with Crippen LogP contribution in [0.15, 0.2) is 104 Å². The highest BCUT2D eigenvalue weighted by Gasteiger charge is 2.17. The van der Waals surface area contributed by atoms with Crippen molar-refractivity contribution in [1.82, 2.24) is 30.1 Å². The van der Waals surface area contributed by atoms with Gasteiger partial charge in [-0.15, -0.1) is 0 Å². The van der Waals surface area contributed by atoms with Gasteiger partial charge in [-0.3, -0.25) is 19.9 Å². The molecule has 5 heterocycles. The Hall–Kier alpha value is -5.70. The highest BCUT2D eigenvalue weighted by Crippen LogP contribution is 2.35. The van der Waals surface area contributed by atoms with Crippen LogP contribution in [0.25, 0.3) is 55.6 Å². The lowest BCUT2D eigenvalue weighted by Gasteiger charge is -2.07. The summed E-state index contributed by atoms with van der Waals surface area (Å²) in [5.74, 6) is -0.431. The van der Waals surface area contributed by atoms with E-state index >= 15 is 0 Å². The second-order valence-corrected chi connectivity index (χ2v) is 9.68. The van der Waals surface area contributed by atoms with E-state index in [-0.39, 0.29) is 18.1 Å². The summed E-state index contributed by atoms with van der Waals surface area (Å²) >= 11 is 0. The number of carbonyl (C=O) groups is 1. The van der Waals surface area contributed by atoms with Crippen LogP contribution in [0, 0.1) is 5.82 Å². The van der Waals surface area contributed by atoms with E-state index < -0.39 is 0 Å². The van der Waals surface area contributed by atoms with Crippen molar-refractivity contribution in [3.8, 4) is 33.6 Å². The number of hydrogen-bond acceptors (Lipinski definition) is 5. The van der Waals surface area contributed by atoms with Crippen molar-refractivity contribution in [3.05, 3.63) is 115 Å². The highest BCUT2D eigenvalue weighted by atomic mass is 19.1. The summed E-state index contributed by atoms with van der Waals surface area (Å²) in [7, 11) is 0. The molecule has 7 rings (SSSR count). The zero-order valence-electron chi connectivity index (χ0n) is 21.6. The molecule has 7 aromatic rings. The van der Waals surface area contributed by atoms with Gasteiger partial charge in [-0.05, 0) is 29.8 Å². The first-order chi connectivity index (χ1) is 20.1. The number of nitrogens with zero attached hydrogens (tertiary/aromatic N) is 4. The second-order valence-electron chi connectivity index (χ2n) is 9.68. The Kier molecular flexibility index (Phi) is 6.01. The van der Waals surface area contributed by atoms with Gasteiger partial charge in [-0.2, -0.15) is 5.10 Å². The highest BCUT2D eigenvalue weighted by molar-refractivity contribution is 6.01. The number of benzene rings is 2. The molecule has 0 aliphatic carbocycles. The summed E-state index contributed by atoms with van der Waals surface area (Å²) in [6, 6.07) is 22.0. The van der Waals surface area contributed by atoms with E-state index in [0.717, 1.165) is 38.7 Å². The van der Waals surface area contributed by atoms with Crippen LogP contribution in [0.2, 0.25) is 0 Å². The van der Waals surface area contributed by atoms with Crippen LogP contribution < -0.4 is 5.32 Å². The van der Waals surface area contributed by atoms with E-state index in [9.17, 15) is 9.18 Å². The van der Waals surface area contributed by atoms with Gasteiger partial charge in [-0.25, -0.2) is 9.37 Å². The third-order valence-electron chi connectivity index (χ3n) is 6.94. The number of pyridine rings is 3. The lowest BCUT2D eigenvalue weighted by atomic mass is 10.0. The molecule has 9 heteroatoms. The molecule has 41 heavy (non-hydrogen) atoms. The number of aromatic amines is 2. The van der Waals surface area contributed by atoms with Crippen molar-refractivity contribution in [2.24, 2.45) is 0 Å². The lowest BCUT2D eigenvalue weighted by molar-refractivity contribution is -0.115. The fraction of sp³-hybridized carbons (Fsp3) is 0.0312. The average Bonchev–Trinajstić information content (AvgIpc) is 3.62. The first-order valence-corrected chi connectivity index (χ1v) is 13.0. The van der Waals surface area contributed by atoms with Crippen molar-refractivity contribution >= 4 is 33.5 Å². The number of H-pyrrole nitrogens is 2. The Balaban J connectivity index is 1.22. The van der Waals surface area contributed by atoms with E-state index in [0.29, 0.717) is 28.2 Å². The van der Waals surface area contributed by atoms with Crippen LogP contribution in [0.4, 0.5) is 10.1 Å². The maximum atomic E-state index is 14.6. The largest absolute Gasteiger partial charge is 0.352 e. The van der Waals surface area contributed by atoms with Gasteiger partial charge in [0.1, 0.15) is 11.5 Å². The molecule has 198 valence electrons. The molecule has 0 saturated heterocycles. The summed E-state index contributed by atoms with van der Waals surface area (Å²) in [5, 5.41) is 12.1. The van der Waals surface area contributed by atoms with Crippen LogP contribution in [-0.4, -0.2) is 36.0 Å². The average molecular weight is 540 g/mol. The first-order valence-electron chi connectivity index (χ1n) is 13.0. The van der Waals surface area contributed by atoms with E-state index in [1.807, 2.05) is 48.5 Å². The van der Waals surface area contributed by atoms with E-state index in [1.165, 1.54) is 6.07 Å². The Morgan fingerprint density at radius 3 is 2.49 bits per heavy atom. The van der Waals surface area contributed by atoms with Gasteiger partial charge < -0.3 is 10.3 Å². The van der Waals surface area contributed by atoms with Gasteiger partial charge in [0.2, 0.25) is 5.91 Å². The number of amides is 1.